The molecule has 3 rings (SSSR count). The Kier molecular flexibility index (Phi) is 3.74. The summed E-state index contributed by atoms with van der Waals surface area (Å²) in [5, 5.41) is 0. The zero-order valence-electron chi connectivity index (χ0n) is 11.2. The predicted molar refractivity (Wildman–Crippen MR) is 83.9 cm³/mol. The molecule has 0 saturated carbocycles. The molecule has 1 fully saturated rings. The van der Waals surface area contributed by atoms with Crippen LogP contribution in [0.2, 0.25) is 0 Å². The first-order valence-corrected chi connectivity index (χ1v) is 7.85. The van der Waals surface area contributed by atoms with Gasteiger partial charge < -0.3 is 4.90 Å². The Bertz CT molecular complexity index is 562. The number of aryl methyl sites for hydroxylation is 1. The third kappa shape index (κ3) is 2.76. The van der Waals surface area contributed by atoms with E-state index >= 15 is 0 Å². The average Bonchev–Trinajstić information content (AvgIpc) is 2.49. The van der Waals surface area contributed by atoms with Gasteiger partial charge in [-0.2, -0.15) is 11.8 Å². The van der Waals surface area contributed by atoms with Crippen molar-refractivity contribution < 1.29 is 0 Å². The third-order valence-corrected chi connectivity index (χ3v) is 4.48. The molecule has 0 unspecified atom stereocenters. The fourth-order valence-corrected chi connectivity index (χ4v) is 3.35. The van der Waals surface area contributed by atoms with Crippen LogP contribution >= 0.6 is 11.8 Å². The summed E-state index contributed by atoms with van der Waals surface area (Å²) >= 11 is 2.03. The molecule has 2 nitrogen and oxygen atoms in total. The number of nitrogens with zero attached hydrogens (tertiary/aromatic N) is 2. The SMILES string of the molecule is Cc1ccccc1-c1ccnc(N2CCSCC2)c1. The summed E-state index contributed by atoms with van der Waals surface area (Å²) < 4.78 is 0. The maximum atomic E-state index is 4.53. The summed E-state index contributed by atoms with van der Waals surface area (Å²) in [6.07, 6.45) is 1.93. The highest BCUT2D eigenvalue weighted by atomic mass is 32.2. The molecule has 1 saturated heterocycles. The van der Waals surface area contributed by atoms with Crippen molar-refractivity contribution in [1.29, 1.82) is 0 Å². The minimum Gasteiger partial charge on any atom is -0.355 e. The lowest BCUT2D eigenvalue weighted by Gasteiger charge is -2.27. The summed E-state index contributed by atoms with van der Waals surface area (Å²) in [5.74, 6) is 3.52. The standard InChI is InChI=1S/C16H18N2S/c1-13-4-2-3-5-15(13)14-6-7-17-16(12-14)18-8-10-19-11-9-18/h2-7,12H,8-11H2,1H3. The fourth-order valence-electron chi connectivity index (χ4n) is 2.45. The Hall–Kier alpha value is -1.48. The molecule has 1 aliphatic heterocycles. The molecular weight excluding hydrogens is 252 g/mol. The zero-order valence-corrected chi connectivity index (χ0v) is 12.0. The van der Waals surface area contributed by atoms with Crippen LogP contribution < -0.4 is 4.90 Å². The number of pyridine rings is 1. The van der Waals surface area contributed by atoms with Gasteiger partial charge in [0, 0.05) is 30.8 Å². The summed E-state index contributed by atoms with van der Waals surface area (Å²) in [5.41, 5.74) is 3.88. The molecule has 0 spiro atoms. The molecule has 0 aliphatic carbocycles. The van der Waals surface area contributed by atoms with Crippen LogP contribution in [0.4, 0.5) is 5.82 Å². The number of aromatic nitrogens is 1. The van der Waals surface area contributed by atoms with Crippen molar-refractivity contribution in [1.82, 2.24) is 4.98 Å². The van der Waals surface area contributed by atoms with Crippen molar-refractivity contribution in [3.63, 3.8) is 0 Å². The maximum absolute atomic E-state index is 4.53. The van der Waals surface area contributed by atoms with Gasteiger partial charge in [0.1, 0.15) is 5.82 Å². The van der Waals surface area contributed by atoms with E-state index in [-0.39, 0.29) is 0 Å². The highest BCUT2D eigenvalue weighted by Gasteiger charge is 2.13. The van der Waals surface area contributed by atoms with Gasteiger partial charge in [-0.3, -0.25) is 0 Å². The van der Waals surface area contributed by atoms with Crippen LogP contribution in [0.1, 0.15) is 5.56 Å². The van der Waals surface area contributed by atoms with Gasteiger partial charge in [0.05, 0.1) is 0 Å². The van der Waals surface area contributed by atoms with E-state index in [9.17, 15) is 0 Å². The topological polar surface area (TPSA) is 16.1 Å². The van der Waals surface area contributed by atoms with Gasteiger partial charge in [-0.05, 0) is 35.7 Å². The monoisotopic (exact) mass is 270 g/mol. The van der Waals surface area contributed by atoms with Crippen LogP contribution in [-0.2, 0) is 0 Å². The second-order valence-corrected chi connectivity index (χ2v) is 6.04. The van der Waals surface area contributed by atoms with E-state index in [0.717, 1.165) is 18.9 Å². The quantitative estimate of drug-likeness (QED) is 0.829. The molecule has 1 aromatic carbocycles. The second-order valence-electron chi connectivity index (χ2n) is 4.82. The summed E-state index contributed by atoms with van der Waals surface area (Å²) in [6.45, 7) is 4.37. The largest absolute Gasteiger partial charge is 0.355 e. The second kappa shape index (κ2) is 5.66. The Morgan fingerprint density at radius 2 is 1.89 bits per heavy atom. The molecule has 2 heterocycles. The lowest BCUT2D eigenvalue weighted by molar-refractivity contribution is 0.840. The predicted octanol–water partition coefficient (Wildman–Crippen LogP) is 3.61. The number of hydrogen-bond acceptors (Lipinski definition) is 3. The maximum Gasteiger partial charge on any atom is 0.129 e. The van der Waals surface area contributed by atoms with Crippen molar-refractivity contribution in [2.75, 3.05) is 29.5 Å². The Labute approximate surface area is 118 Å². The Balaban J connectivity index is 1.93. The van der Waals surface area contributed by atoms with Crippen LogP contribution in [0.25, 0.3) is 11.1 Å². The summed E-state index contributed by atoms with van der Waals surface area (Å²) in [6, 6.07) is 12.8. The normalized spacial score (nSPS) is 15.5. The van der Waals surface area contributed by atoms with Crippen LogP contribution in [0.3, 0.4) is 0 Å². The zero-order chi connectivity index (χ0) is 13.1. The lowest BCUT2D eigenvalue weighted by Crippen LogP contribution is -2.33. The Morgan fingerprint density at radius 1 is 1.11 bits per heavy atom. The van der Waals surface area contributed by atoms with Gasteiger partial charge in [-0.1, -0.05) is 24.3 Å². The highest BCUT2D eigenvalue weighted by molar-refractivity contribution is 7.99. The van der Waals surface area contributed by atoms with E-state index in [1.807, 2.05) is 18.0 Å². The molecule has 3 heteroatoms. The molecule has 2 aromatic rings. The number of benzene rings is 1. The van der Waals surface area contributed by atoms with Crippen molar-refractivity contribution in [2.45, 2.75) is 6.92 Å². The van der Waals surface area contributed by atoms with Crippen molar-refractivity contribution in [3.8, 4) is 11.1 Å². The molecule has 0 N–H and O–H groups in total. The van der Waals surface area contributed by atoms with Gasteiger partial charge in [0.2, 0.25) is 0 Å². The minimum absolute atomic E-state index is 1.11. The van der Waals surface area contributed by atoms with Crippen molar-refractivity contribution >= 4 is 17.6 Å². The molecule has 0 atom stereocenters. The van der Waals surface area contributed by atoms with E-state index in [0.29, 0.717) is 0 Å². The van der Waals surface area contributed by atoms with E-state index in [2.05, 4.69) is 53.2 Å². The molecule has 0 amide bonds. The van der Waals surface area contributed by atoms with E-state index < -0.39 is 0 Å². The minimum atomic E-state index is 1.11. The molecular formula is C16H18N2S. The van der Waals surface area contributed by atoms with E-state index in [4.69, 9.17) is 0 Å². The first-order valence-electron chi connectivity index (χ1n) is 6.69. The van der Waals surface area contributed by atoms with Crippen LogP contribution in [0, 0.1) is 6.92 Å². The molecule has 1 aromatic heterocycles. The number of hydrogen-bond donors (Lipinski definition) is 0. The van der Waals surface area contributed by atoms with E-state index in [1.165, 1.54) is 28.2 Å². The molecule has 98 valence electrons. The highest BCUT2D eigenvalue weighted by Crippen LogP contribution is 2.26. The smallest absolute Gasteiger partial charge is 0.129 e. The van der Waals surface area contributed by atoms with Crippen molar-refractivity contribution in [3.05, 3.63) is 48.2 Å². The third-order valence-electron chi connectivity index (χ3n) is 3.54. The molecule has 19 heavy (non-hydrogen) atoms. The number of anilines is 1. The average molecular weight is 270 g/mol. The number of rotatable bonds is 2. The molecule has 0 bridgehead atoms. The first-order chi connectivity index (χ1) is 9.34. The van der Waals surface area contributed by atoms with Crippen LogP contribution in [0.5, 0.6) is 0 Å². The van der Waals surface area contributed by atoms with Gasteiger partial charge >= 0.3 is 0 Å². The number of thioether (sulfide) groups is 1. The fraction of sp³-hybridized carbons (Fsp3) is 0.312. The van der Waals surface area contributed by atoms with E-state index in [1.54, 1.807) is 0 Å². The van der Waals surface area contributed by atoms with Crippen molar-refractivity contribution in [2.24, 2.45) is 0 Å². The van der Waals surface area contributed by atoms with Gasteiger partial charge in [0.25, 0.3) is 0 Å². The van der Waals surface area contributed by atoms with Crippen LogP contribution in [0.15, 0.2) is 42.6 Å². The van der Waals surface area contributed by atoms with Gasteiger partial charge in [0.15, 0.2) is 0 Å². The lowest BCUT2D eigenvalue weighted by atomic mass is 10.0. The van der Waals surface area contributed by atoms with Gasteiger partial charge in [-0.15, -0.1) is 0 Å². The summed E-state index contributed by atoms with van der Waals surface area (Å²) in [4.78, 5) is 6.92. The van der Waals surface area contributed by atoms with Crippen LogP contribution in [-0.4, -0.2) is 29.6 Å². The van der Waals surface area contributed by atoms with Gasteiger partial charge in [-0.25, -0.2) is 4.98 Å². The first kappa shape index (κ1) is 12.5. The molecule has 1 aliphatic rings. The molecule has 0 radical (unpaired) electrons. The Morgan fingerprint density at radius 3 is 2.68 bits per heavy atom. The summed E-state index contributed by atoms with van der Waals surface area (Å²) in [7, 11) is 0.